The van der Waals surface area contributed by atoms with Gasteiger partial charge in [-0.25, -0.2) is 19.0 Å². The smallest absolute Gasteiger partial charge is 0.217 e. The molecule has 60 valence electrons. The summed E-state index contributed by atoms with van der Waals surface area (Å²) in [5.41, 5.74) is 0. The third kappa shape index (κ3) is 1.16. The van der Waals surface area contributed by atoms with Gasteiger partial charge in [0.2, 0.25) is 0 Å². The maximum absolute atomic E-state index is 12.4. The molecule has 0 bridgehead atoms. The van der Waals surface area contributed by atoms with E-state index in [1.165, 1.54) is 4.68 Å². The van der Waals surface area contributed by atoms with Gasteiger partial charge in [0, 0.05) is 12.4 Å². The predicted molar refractivity (Wildman–Crippen MR) is 39.1 cm³/mol. The zero-order valence-corrected chi connectivity index (χ0v) is 6.05. The van der Waals surface area contributed by atoms with Gasteiger partial charge in [-0.1, -0.05) is 0 Å². The van der Waals surface area contributed by atoms with E-state index in [1.54, 1.807) is 18.5 Å². The monoisotopic (exact) mass is 164 g/mol. The van der Waals surface area contributed by atoms with Crippen molar-refractivity contribution in [2.75, 3.05) is 0 Å². The molecule has 0 aromatic carbocycles. The second-order valence-electron chi connectivity index (χ2n) is 2.15. The number of nitrogens with zero attached hydrogens (tertiary/aromatic N) is 4. The molecule has 2 rings (SSSR count). The molecule has 0 aliphatic heterocycles. The van der Waals surface area contributed by atoms with Crippen LogP contribution in [-0.2, 0) is 0 Å². The van der Waals surface area contributed by atoms with Crippen LogP contribution in [0.2, 0.25) is 0 Å². The van der Waals surface area contributed by atoms with Crippen molar-refractivity contribution in [2.24, 2.45) is 0 Å². The fraction of sp³-hybridized carbons (Fsp3) is 0. The molecule has 0 radical (unpaired) electrons. The Labute approximate surface area is 67.7 Å². The molecule has 4 nitrogen and oxygen atoms in total. The Hall–Kier alpha value is -1.78. The number of hydrogen-bond acceptors (Lipinski definition) is 3. The second-order valence-corrected chi connectivity index (χ2v) is 2.15. The van der Waals surface area contributed by atoms with Gasteiger partial charge < -0.3 is 0 Å². The molecule has 0 atom stereocenters. The van der Waals surface area contributed by atoms with E-state index in [9.17, 15) is 4.39 Å². The van der Waals surface area contributed by atoms with Crippen molar-refractivity contribution in [3.8, 4) is 5.95 Å². The van der Waals surface area contributed by atoms with Crippen molar-refractivity contribution < 1.29 is 4.39 Å². The molecule has 0 fully saturated rings. The minimum absolute atomic E-state index is 0.362. The van der Waals surface area contributed by atoms with Crippen LogP contribution < -0.4 is 0 Å². The Morgan fingerprint density at radius 3 is 2.58 bits per heavy atom. The van der Waals surface area contributed by atoms with Crippen molar-refractivity contribution in [1.29, 1.82) is 0 Å². The first-order valence-electron chi connectivity index (χ1n) is 3.34. The summed E-state index contributed by atoms with van der Waals surface area (Å²) in [5, 5.41) is 3.89. The fourth-order valence-electron chi connectivity index (χ4n) is 0.811. The summed E-state index contributed by atoms with van der Waals surface area (Å²) in [6.45, 7) is 0. The van der Waals surface area contributed by atoms with Crippen LogP contribution in [0.3, 0.4) is 0 Å². The lowest BCUT2D eigenvalue weighted by atomic mass is 10.6. The standard InChI is InChI=1S/C7H5FN4/c8-6-4-9-7(10-5-6)12-3-1-2-11-12/h1-5H. The summed E-state index contributed by atoms with van der Waals surface area (Å²) < 4.78 is 13.8. The summed E-state index contributed by atoms with van der Waals surface area (Å²) in [6, 6.07) is 1.74. The predicted octanol–water partition coefficient (Wildman–Crippen LogP) is 0.801. The van der Waals surface area contributed by atoms with Crippen LogP contribution in [-0.4, -0.2) is 19.7 Å². The normalized spacial score (nSPS) is 10.1. The highest BCUT2D eigenvalue weighted by atomic mass is 19.1. The molecule has 0 N–H and O–H groups in total. The third-order valence-corrected chi connectivity index (χ3v) is 1.32. The molecule has 0 spiro atoms. The zero-order valence-electron chi connectivity index (χ0n) is 6.05. The summed E-state index contributed by atoms with van der Waals surface area (Å²) in [5.74, 6) is -0.0905. The second kappa shape index (κ2) is 2.69. The summed E-state index contributed by atoms with van der Waals surface area (Å²) in [4.78, 5) is 7.47. The van der Waals surface area contributed by atoms with Crippen LogP contribution in [0.5, 0.6) is 0 Å². The van der Waals surface area contributed by atoms with Crippen molar-refractivity contribution in [1.82, 2.24) is 19.7 Å². The molecule has 5 heteroatoms. The largest absolute Gasteiger partial charge is 0.250 e. The first kappa shape index (κ1) is 6.90. The van der Waals surface area contributed by atoms with Gasteiger partial charge >= 0.3 is 0 Å². The Bertz CT molecular complexity index is 353. The van der Waals surface area contributed by atoms with E-state index in [-0.39, 0.29) is 0 Å². The van der Waals surface area contributed by atoms with Gasteiger partial charge in [0.05, 0.1) is 12.4 Å². The van der Waals surface area contributed by atoms with Gasteiger partial charge in [-0.05, 0) is 6.07 Å². The first-order chi connectivity index (χ1) is 5.86. The van der Waals surface area contributed by atoms with Crippen LogP contribution in [0, 0.1) is 5.82 Å². The molecular formula is C7H5FN4. The summed E-state index contributed by atoms with van der Waals surface area (Å²) >= 11 is 0. The van der Waals surface area contributed by atoms with Gasteiger partial charge in [0.15, 0.2) is 5.82 Å². The Kier molecular flexibility index (Phi) is 1.55. The van der Waals surface area contributed by atoms with E-state index in [0.29, 0.717) is 5.95 Å². The fourth-order valence-corrected chi connectivity index (χ4v) is 0.811. The molecule has 0 unspecified atom stereocenters. The minimum atomic E-state index is -0.453. The molecular weight excluding hydrogens is 159 g/mol. The maximum Gasteiger partial charge on any atom is 0.250 e. The van der Waals surface area contributed by atoms with E-state index in [0.717, 1.165) is 12.4 Å². The first-order valence-corrected chi connectivity index (χ1v) is 3.34. The van der Waals surface area contributed by atoms with Crippen LogP contribution in [0.25, 0.3) is 5.95 Å². The van der Waals surface area contributed by atoms with Crippen LogP contribution in [0.4, 0.5) is 4.39 Å². The van der Waals surface area contributed by atoms with E-state index in [4.69, 9.17) is 0 Å². The molecule has 2 aromatic rings. The van der Waals surface area contributed by atoms with Crippen molar-refractivity contribution in [3.05, 3.63) is 36.7 Å². The highest BCUT2D eigenvalue weighted by molar-refractivity contribution is 5.07. The number of aromatic nitrogens is 4. The lowest BCUT2D eigenvalue weighted by molar-refractivity contribution is 0.608. The van der Waals surface area contributed by atoms with Crippen molar-refractivity contribution in [2.45, 2.75) is 0 Å². The quantitative estimate of drug-likeness (QED) is 0.626. The SMILES string of the molecule is Fc1cnc(-n2cccn2)nc1. The van der Waals surface area contributed by atoms with E-state index >= 15 is 0 Å². The average Bonchev–Trinajstić information content (AvgIpc) is 2.58. The molecule has 0 aliphatic carbocycles. The molecule has 2 aromatic heterocycles. The molecule has 0 aliphatic rings. The highest BCUT2D eigenvalue weighted by Crippen LogP contribution is 1.97. The molecule has 0 saturated carbocycles. The lowest BCUT2D eigenvalue weighted by Crippen LogP contribution is -2.00. The van der Waals surface area contributed by atoms with Crippen LogP contribution in [0.1, 0.15) is 0 Å². The molecule has 2 heterocycles. The topological polar surface area (TPSA) is 43.6 Å². The average molecular weight is 164 g/mol. The van der Waals surface area contributed by atoms with Gasteiger partial charge in [-0.15, -0.1) is 0 Å². The minimum Gasteiger partial charge on any atom is -0.217 e. The summed E-state index contributed by atoms with van der Waals surface area (Å²) in [6.07, 6.45) is 5.49. The van der Waals surface area contributed by atoms with Gasteiger partial charge in [0.1, 0.15) is 0 Å². The number of rotatable bonds is 1. The van der Waals surface area contributed by atoms with Gasteiger partial charge in [-0.3, -0.25) is 0 Å². The number of hydrogen-bond donors (Lipinski definition) is 0. The Balaban J connectivity index is 2.43. The molecule has 12 heavy (non-hydrogen) atoms. The molecule has 0 amide bonds. The van der Waals surface area contributed by atoms with Gasteiger partial charge in [-0.2, -0.15) is 5.10 Å². The Morgan fingerprint density at radius 2 is 2.00 bits per heavy atom. The van der Waals surface area contributed by atoms with E-state index < -0.39 is 5.82 Å². The number of halogens is 1. The van der Waals surface area contributed by atoms with E-state index in [1.807, 2.05) is 0 Å². The van der Waals surface area contributed by atoms with Crippen molar-refractivity contribution in [3.63, 3.8) is 0 Å². The maximum atomic E-state index is 12.4. The van der Waals surface area contributed by atoms with Gasteiger partial charge in [0.25, 0.3) is 5.95 Å². The van der Waals surface area contributed by atoms with Crippen LogP contribution >= 0.6 is 0 Å². The highest BCUT2D eigenvalue weighted by Gasteiger charge is 1.97. The third-order valence-electron chi connectivity index (χ3n) is 1.32. The molecule has 0 saturated heterocycles. The zero-order chi connectivity index (χ0) is 8.39. The van der Waals surface area contributed by atoms with Crippen LogP contribution in [0.15, 0.2) is 30.9 Å². The lowest BCUT2D eigenvalue weighted by Gasteiger charge is -1.96. The van der Waals surface area contributed by atoms with E-state index in [2.05, 4.69) is 15.1 Å². The van der Waals surface area contributed by atoms with Crippen molar-refractivity contribution >= 4 is 0 Å². The summed E-state index contributed by atoms with van der Waals surface area (Å²) in [7, 11) is 0. The Morgan fingerprint density at radius 1 is 1.25 bits per heavy atom.